The lowest BCUT2D eigenvalue weighted by Crippen LogP contribution is -1.83. The van der Waals surface area contributed by atoms with Crippen molar-refractivity contribution in [2.75, 3.05) is 0 Å². The van der Waals surface area contributed by atoms with Crippen molar-refractivity contribution in [3.63, 3.8) is 0 Å². The van der Waals surface area contributed by atoms with Crippen LogP contribution in [0.2, 0.25) is 0 Å². The van der Waals surface area contributed by atoms with Gasteiger partial charge in [-0.1, -0.05) is 24.2 Å². The Kier molecular flexibility index (Phi) is 1.89. The molecule has 0 spiro atoms. The summed E-state index contributed by atoms with van der Waals surface area (Å²) in [6, 6.07) is 8.20. The molecule has 1 aromatic carbocycles. The van der Waals surface area contributed by atoms with Crippen LogP contribution in [0.25, 0.3) is 22.3 Å². The van der Waals surface area contributed by atoms with Crippen molar-refractivity contribution < 1.29 is 4.52 Å². The predicted octanol–water partition coefficient (Wildman–Crippen LogP) is 3.34. The molecule has 2 atom stereocenters. The number of aromatic nitrogens is 3. The number of fused-ring (bicyclic) bond motifs is 1. The van der Waals surface area contributed by atoms with Crippen molar-refractivity contribution in [2.24, 2.45) is 5.92 Å². The average Bonchev–Trinajstić information content (AvgIpc) is 2.88. The summed E-state index contributed by atoms with van der Waals surface area (Å²) in [6.45, 7) is 2.21. The highest BCUT2D eigenvalue weighted by molar-refractivity contribution is 5.83. The summed E-state index contributed by atoms with van der Waals surface area (Å²) >= 11 is 0. The number of nitrogens with one attached hydrogen (secondary N) is 1. The van der Waals surface area contributed by atoms with Crippen LogP contribution >= 0.6 is 0 Å². The molecule has 0 radical (unpaired) electrons. The average molecular weight is 239 g/mol. The molecule has 4 rings (SSSR count). The molecule has 1 fully saturated rings. The van der Waals surface area contributed by atoms with Crippen LogP contribution in [0.15, 0.2) is 35.0 Å². The van der Waals surface area contributed by atoms with Crippen LogP contribution in [-0.4, -0.2) is 15.1 Å². The Hall–Kier alpha value is -2.10. The summed E-state index contributed by atoms with van der Waals surface area (Å²) in [4.78, 5) is 7.68. The van der Waals surface area contributed by atoms with Gasteiger partial charge in [-0.2, -0.15) is 4.98 Å². The topological polar surface area (TPSA) is 54.7 Å². The lowest BCUT2D eigenvalue weighted by atomic mass is 10.1. The Balaban J connectivity index is 1.74. The predicted molar refractivity (Wildman–Crippen MR) is 68.1 cm³/mol. The second-order valence-corrected chi connectivity index (χ2v) is 5.06. The monoisotopic (exact) mass is 239 g/mol. The Morgan fingerprint density at radius 2 is 2.22 bits per heavy atom. The Labute approximate surface area is 104 Å². The number of rotatable bonds is 2. The van der Waals surface area contributed by atoms with Crippen LogP contribution in [0.5, 0.6) is 0 Å². The third kappa shape index (κ3) is 1.45. The molecule has 0 amide bonds. The molecule has 1 saturated carbocycles. The summed E-state index contributed by atoms with van der Waals surface area (Å²) in [6.07, 6.45) is 3.10. The van der Waals surface area contributed by atoms with Crippen molar-refractivity contribution in [3.8, 4) is 11.4 Å². The molecule has 0 bridgehead atoms. The molecule has 2 heterocycles. The third-order valence-corrected chi connectivity index (χ3v) is 3.68. The van der Waals surface area contributed by atoms with Gasteiger partial charge in [0.2, 0.25) is 11.7 Å². The fourth-order valence-electron chi connectivity index (χ4n) is 2.36. The summed E-state index contributed by atoms with van der Waals surface area (Å²) in [7, 11) is 0. The molecule has 3 aromatic rings. The second kappa shape index (κ2) is 3.45. The minimum atomic E-state index is 0.473. The van der Waals surface area contributed by atoms with Gasteiger partial charge in [-0.25, -0.2) is 0 Å². The van der Waals surface area contributed by atoms with Crippen LogP contribution < -0.4 is 0 Å². The number of hydrogen-bond donors (Lipinski definition) is 1. The normalized spacial score (nSPS) is 22.5. The molecule has 4 nitrogen and oxygen atoms in total. The summed E-state index contributed by atoms with van der Waals surface area (Å²) in [5.74, 6) is 2.62. The molecular formula is C14H13N3O. The van der Waals surface area contributed by atoms with Crippen LogP contribution in [0.1, 0.15) is 25.2 Å². The fraction of sp³-hybridized carbons (Fsp3) is 0.286. The zero-order valence-corrected chi connectivity index (χ0v) is 10.1. The molecular weight excluding hydrogens is 226 g/mol. The van der Waals surface area contributed by atoms with E-state index in [1.807, 2.05) is 18.3 Å². The van der Waals surface area contributed by atoms with Crippen LogP contribution in [0, 0.1) is 5.92 Å². The van der Waals surface area contributed by atoms with Gasteiger partial charge in [0.25, 0.3) is 0 Å². The van der Waals surface area contributed by atoms with E-state index in [0.717, 1.165) is 23.4 Å². The van der Waals surface area contributed by atoms with Crippen molar-refractivity contribution in [1.82, 2.24) is 15.1 Å². The molecule has 1 aliphatic carbocycles. The maximum atomic E-state index is 5.34. The molecule has 1 aliphatic rings. The zero-order chi connectivity index (χ0) is 12.1. The largest absolute Gasteiger partial charge is 0.361 e. The lowest BCUT2D eigenvalue weighted by Gasteiger charge is -1.94. The summed E-state index contributed by atoms with van der Waals surface area (Å²) in [5, 5.41) is 5.27. The van der Waals surface area contributed by atoms with Gasteiger partial charge in [-0.15, -0.1) is 0 Å². The summed E-state index contributed by atoms with van der Waals surface area (Å²) in [5.41, 5.74) is 2.09. The van der Waals surface area contributed by atoms with Crippen molar-refractivity contribution in [2.45, 2.75) is 19.3 Å². The van der Waals surface area contributed by atoms with Gasteiger partial charge >= 0.3 is 0 Å². The van der Waals surface area contributed by atoms with Crippen molar-refractivity contribution in [1.29, 1.82) is 0 Å². The smallest absolute Gasteiger partial charge is 0.230 e. The van der Waals surface area contributed by atoms with E-state index in [1.54, 1.807) is 0 Å². The Morgan fingerprint density at radius 3 is 3.06 bits per heavy atom. The maximum absolute atomic E-state index is 5.34. The van der Waals surface area contributed by atoms with E-state index in [-0.39, 0.29) is 0 Å². The van der Waals surface area contributed by atoms with Gasteiger partial charge in [-0.3, -0.25) is 0 Å². The lowest BCUT2D eigenvalue weighted by molar-refractivity contribution is 0.377. The number of aromatic amines is 1. The van der Waals surface area contributed by atoms with Gasteiger partial charge in [0.05, 0.1) is 0 Å². The number of benzene rings is 1. The number of H-pyrrole nitrogens is 1. The first-order chi connectivity index (χ1) is 8.81. The first kappa shape index (κ1) is 9.88. The van der Waals surface area contributed by atoms with Gasteiger partial charge < -0.3 is 9.51 Å². The Bertz CT molecular complexity index is 712. The standard InChI is InChI=1S/C14H13N3O/c1-8-6-11(8)14-16-13(17-18-14)10-3-2-9-4-5-15-12(9)7-10/h2-5,7-8,11,15H,6H2,1H3. The van der Waals surface area contributed by atoms with E-state index < -0.39 is 0 Å². The molecule has 0 saturated heterocycles. The van der Waals surface area contributed by atoms with Gasteiger partial charge in [-0.05, 0) is 29.9 Å². The highest BCUT2D eigenvalue weighted by Gasteiger charge is 2.38. The number of nitrogens with zero attached hydrogens (tertiary/aromatic N) is 2. The van der Waals surface area contributed by atoms with E-state index in [4.69, 9.17) is 4.52 Å². The molecule has 2 aromatic heterocycles. The van der Waals surface area contributed by atoms with Gasteiger partial charge in [0, 0.05) is 23.2 Å². The zero-order valence-electron chi connectivity index (χ0n) is 10.1. The fourth-order valence-corrected chi connectivity index (χ4v) is 2.36. The number of hydrogen-bond acceptors (Lipinski definition) is 3. The molecule has 4 heteroatoms. The van der Waals surface area contributed by atoms with Crippen molar-refractivity contribution >= 4 is 10.9 Å². The highest BCUT2D eigenvalue weighted by Crippen LogP contribution is 2.46. The quantitative estimate of drug-likeness (QED) is 0.746. The molecule has 90 valence electrons. The van der Waals surface area contributed by atoms with E-state index in [1.165, 1.54) is 5.39 Å². The third-order valence-electron chi connectivity index (χ3n) is 3.68. The Morgan fingerprint density at radius 1 is 1.33 bits per heavy atom. The van der Waals surface area contributed by atoms with E-state index >= 15 is 0 Å². The van der Waals surface area contributed by atoms with Crippen LogP contribution in [0.4, 0.5) is 0 Å². The van der Waals surface area contributed by atoms with Crippen molar-refractivity contribution in [3.05, 3.63) is 36.4 Å². The SMILES string of the molecule is CC1CC1c1nc(-c2ccc3cc[nH]c3c2)no1. The minimum absolute atomic E-state index is 0.473. The van der Waals surface area contributed by atoms with Crippen LogP contribution in [-0.2, 0) is 0 Å². The minimum Gasteiger partial charge on any atom is -0.361 e. The molecule has 1 N–H and O–H groups in total. The van der Waals surface area contributed by atoms with Crippen LogP contribution in [0.3, 0.4) is 0 Å². The highest BCUT2D eigenvalue weighted by atomic mass is 16.5. The second-order valence-electron chi connectivity index (χ2n) is 5.06. The molecule has 0 aliphatic heterocycles. The van der Waals surface area contributed by atoms with Gasteiger partial charge in [0.1, 0.15) is 0 Å². The first-order valence-corrected chi connectivity index (χ1v) is 6.22. The maximum Gasteiger partial charge on any atom is 0.230 e. The van der Waals surface area contributed by atoms with E-state index in [2.05, 4.69) is 34.2 Å². The molecule has 18 heavy (non-hydrogen) atoms. The molecule has 2 unspecified atom stereocenters. The van der Waals surface area contributed by atoms with E-state index in [9.17, 15) is 0 Å². The van der Waals surface area contributed by atoms with E-state index in [0.29, 0.717) is 17.7 Å². The van der Waals surface area contributed by atoms with Gasteiger partial charge in [0.15, 0.2) is 0 Å². The first-order valence-electron chi connectivity index (χ1n) is 6.22. The summed E-state index contributed by atoms with van der Waals surface area (Å²) < 4.78 is 5.34.